The van der Waals surface area contributed by atoms with E-state index >= 15 is 0 Å². The van der Waals surface area contributed by atoms with Crippen LogP contribution in [0.2, 0.25) is 0 Å². The van der Waals surface area contributed by atoms with Gasteiger partial charge in [-0.25, -0.2) is 0 Å². The van der Waals surface area contributed by atoms with E-state index in [1.165, 1.54) is 103 Å². The maximum atomic E-state index is 11.1. The van der Waals surface area contributed by atoms with Crippen LogP contribution in [0, 0.1) is 0 Å². The maximum absolute atomic E-state index is 11.1. The van der Waals surface area contributed by atoms with E-state index in [-0.39, 0.29) is 19.3 Å². The van der Waals surface area contributed by atoms with Crippen molar-refractivity contribution in [2.24, 2.45) is 0 Å². The summed E-state index contributed by atoms with van der Waals surface area (Å²) in [6.07, 6.45) is 31.3. The summed E-state index contributed by atoms with van der Waals surface area (Å²) in [6, 6.07) is 0. The highest BCUT2D eigenvalue weighted by atomic mass is 16.4. The van der Waals surface area contributed by atoms with E-state index in [2.05, 4.69) is 19.1 Å². The molecule has 0 fully saturated rings. The van der Waals surface area contributed by atoms with E-state index in [0.29, 0.717) is 43.4 Å². The summed E-state index contributed by atoms with van der Waals surface area (Å²) in [5.74, 6) is -2.50. The van der Waals surface area contributed by atoms with E-state index in [4.69, 9.17) is 15.3 Å². The monoisotopic (exact) mass is 596 g/mol. The highest BCUT2D eigenvalue weighted by molar-refractivity contribution is 5.67. The molecule has 7 nitrogen and oxygen atoms in total. The number of carboxylic acids is 3. The summed E-state index contributed by atoms with van der Waals surface area (Å²) < 4.78 is 0.612. The van der Waals surface area contributed by atoms with Crippen molar-refractivity contribution in [3.05, 3.63) is 12.2 Å². The molecule has 0 spiro atoms. The van der Waals surface area contributed by atoms with Crippen LogP contribution in [0.3, 0.4) is 0 Å². The van der Waals surface area contributed by atoms with Gasteiger partial charge in [0, 0.05) is 25.7 Å². The predicted molar refractivity (Wildman–Crippen MR) is 173 cm³/mol. The number of unbranched alkanes of at least 4 members (excludes halogenated alkanes) is 17. The normalized spacial score (nSPS) is 11.8. The van der Waals surface area contributed by atoms with Gasteiger partial charge in [0.05, 0.1) is 45.4 Å². The Labute approximate surface area is 257 Å². The summed E-state index contributed by atoms with van der Waals surface area (Å²) in [5, 5.41) is 27.3. The van der Waals surface area contributed by atoms with Gasteiger partial charge in [0.2, 0.25) is 0 Å². The Bertz CT molecular complexity index is 643. The standard InChI is InChI=1S/C35H65NO6/c1-2-3-4-5-6-7-8-9-10-11-12-13-14-15-16-17-18-19-20-21-22-29-36(30-23-26-33(37)38,31-24-27-34(39)40)32-25-28-35(41)42/h19-20H,2-18,21-32H2,1H3,(H2-,37,38,39,40,41,42)/p+1/b20-19+. The van der Waals surface area contributed by atoms with Crippen LogP contribution in [0.25, 0.3) is 0 Å². The number of hydrogen-bond donors (Lipinski definition) is 3. The Morgan fingerprint density at radius 1 is 0.429 bits per heavy atom. The van der Waals surface area contributed by atoms with E-state index in [1.54, 1.807) is 0 Å². The molecule has 0 aliphatic carbocycles. The molecule has 0 radical (unpaired) electrons. The molecule has 0 heterocycles. The molecule has 0 saturated carbocycles. The quantitative estimate of drug-likeness (QED) is 0.0395. The van der Waals surface area contributed by atoms with Crippen LogP contribution in [-0.2, 0) is 14.4 Å². The van der Waals surface area contributed by atoms with Crippen molar-refractivity contribution < 1.29 is 34.2 Å². The van der Waals surface area contributed by atoms with Crippen LogP contribution in [0.4, 0.5) is 0 Å². The summed E-state index contributed by atoms with van der Waals surface area (Å²) >= 11 is 0. The molecule has 0 aliphatic rings. The van der Waals surface area contributed by atoms with Crippen molar-refractivity contribution in [2.75, 3.05) is 26.2 Å². The van der Waals surface area contributed by atoms with Gasteiger partial charge in [0.25, 0.3) is 0 Å². The molecule has 0 atom stereocenters. The third kappa shape index (κ3) is 28.2. The molecule has 0 amide bonds. The van der Waals surface area contributed by atoms with Crippen LogP contribution in [0.5, 0.6) is 0 Å². The lowest BCUT2D eigenvalue weighted by molar-refractivity contribution is -0.928. The predicted octanol–water partition coefficient (Wildman–Crippen LogP) is 9.39. The van der Waals surface area contributed by atoms with Crippen molar-refractivity contribution in [3.63, 3.8) is 0 Å². The first-order chi connectivity index (χ1) is 20.3. The second-order valence-electron chi connectivity index (χ2n) is 12.4. The van der Waals surface area contributed by atoms with Crippen molar-refractivity contribution >= 4 is 17.9 Å². The summed E-state index contributed by atoms with van der Waals surface area (Å²) in [5.41, 5.74) is 0. The van der Waals surface area contributed by atoms with Gasteiger partial charge in [-0.05, 0) is 19.3 Å². The zero-order chi connectivity index (χ0) is 31.2. The van der Waals surface area contributed by atoms with E-state index < -0.39 is 17.9 Å². The molecule has 0 aromatic carbocycles. The molecule has 0 aromatic heterocycles. The third-order valence-corrected chi connectivity index (χ3v) is 8.46. The smallest absolute Gasteiger partial charge is 0.303 e. The average molecular weight is 597 g/mol. The fraction of sp³-hybridized carbons (Fsp3) is 0.857. The second kappa shape index (κ2) is 29.2. The highest BCUT2D eigenvalue weighted by Crippen LogP contribution is 2.18. The molecule has 0 unspecified atom stereocenters. The van der Waals surface area contributed by atoms with Gasteiger partial charge in [-0.15, -0.1) is 0 Å². The highest BCUT2D eigenvalue weighted by Gasteiger charge is 2.27. The van der Waals surface area contributed by atoms with Crippen LogP contribution < -0.4 is 0 Å². The maximum Gasteiger partial charge on any atom is 0.303 e. The average Bonchev–Trinajstić information content (AvgIpc) is 2.93. The first kappa shape index (κ1) is 40.1. The molecule has 0 aliphatic heterocycles. The molecular weight excluding hydrogens is 530 g/mol. The van der Waals surface area contributed by atoms with Gasteiger partial charge >= 0.3 is 17.9 Å². The van der Waals surface area contributed by atoms with E-state index in [1.807, 2.05) is 0 Å². The summed E-state index contributed by atoms with van der Waals surface area (Å²) in [4.78, 5) is 33.2. The molecule has 246 valence electrons. The number of quaternary nitrogens is 1. The Balaban J connectivity index is 4.09. The van der Waals surface area contributed by atoms with Crippen LogP contribution in [0.15, 0.2) is 12.2 Å². The van der Waals surface area contributed by atoms with Crippen molar-refractivity contribution in [1.29, 1.82) is 0 Å². The number of rotatable bonds is 33. The lowest BCUT2D eigenvalue weighted by atomic mass is 10.0. The first-order valence-electron chi connectivity index (χ1n) is 17.5. The van der Waals surface area contributed by atoms with E-state index in [9.17, 15) is 14.4 Å². The van der Waals surface area contributed by atoms with Gasteiger partial charge in [0.15, 0.2) is 0 Å². The molecule has 42 heavy (non-hydrogen) atoms. The largest absolute Gasteiger partial charge is 0.481 e. The molecule has 7 heteroatoms. The number of allylic oxidation sites excluding steroid dienone is 2. The van der Waals surface area contributed by atoms with Gasteiger partial charge in [-0.2, -0.15) is 0 Å². The minimum absolute atomic E-state index is 0.0804. The molecule has 0 bridgehead atoms. The summed E-state index contributed by atoms with van der Waals surface area (Å²) in [6.45, 7) is 5.04. The van der Waals surface area contributed by atoms with Crippen molar-refractivity contribution in [1.82, 2.24) is 0 Å². The lowest BCUT2D eigenvalue weighted by Crippen LogP contribution is -2.51. The Kier molecular flexibility index (Phi) is 27.9. The third-order valence-electron chi connectivity index (χ3n) is 8.46. The number of carbonyl (C=O) groups is 3. The van der Waals surface area contributed by atoms with Crippen molar-refractivity contribution in [2.45, 2.75) is 167 Å². The fourth-order valence-electron chi connectivity index (χ4n) is 5.96. The van der Waals surface area contributed by atoms with Crippen LogP contribution >= 0.6 is 0 Å². The summed E-state index contributed by atoms with van der Waals surface area (Å²) in [7, 11) is 0. The fourth-order valence-corrected chi connectivity index (χ4v) is 5.96. The van der Waals surface area contributed by atoms with Crippen LogP contribution in [0.1, 0.15) is 167 Å². The van der Waals surface area contributed by atoms with Gasteiger partial charge < -0.3 is 19.8 Å². The SMILES string of the molecule is CCCCCCCCCCCCCCCCCC/C=C/CCC[N+](CCCC(=O)O)(CCCC(=O)O)CCCC(=O)O. The molecular formula is C35H66NO6+. The number of carboxylic acid groups (broad SMARTS) is 3. The minimum Gasteiger partial charge on any atom is -0.481 e. The molecule has 3 N–H and O–H groups in total. The molecule has 0 rings (SSSR count). The topological polar surface area (TPSA) is 112 Å². The Morgan fingerprint density at radius 3 is 1.05 bits per heavy atom. The Morgan fingerprint density at radius 2 is 0.714 bits per heavy atom. The number of nitrogens with zero attached hydrogens (tertiary/aromatic N) is 1. The molecule has 0 aromatic rings. The number of hydrogen-bond acceptors (Lipinski definition) is 3. The zero-order valence-corrected chi connectivity index (χ0v) is 27.2. The van der Waals surface area contributed by atoms with Gasteiger partial charge in [0.1, 0.15) is 0 Å². The first-order valence-corrected chi connectivity index (χ1v) is 17.5. The van der Waals surface area contributed by atoms with Gasteiger partial charge in [-0.1, -0.05) is 115 Å². The second-order valence-corrected chi connectivity index (χ2v) is 12.4. The van der Waals surface area contributed by atoms with E-state index in [0.717, 1.165) is 25.8 Å². The van der Waals surface area contributed by atoms with Crippen LogP contribution in [-0.4, -0.2) is 63.9 Å². The minimum atomic E-state index is -0.832. The number of aliphatic carboxylic acids is 3. The zero-order valence-electron chi connectivity index (χ0n) is 27.2. The van der Waals surface area contributed by atoms with Crippen molar-refractivity contribution in [3.8, 4) is 0 Å². The lowest BCUT2D eigenvalue weighted by Gasteiger charge is -2.39. The van der Waals surface area contributed by atoms with Gasteiger partial charge in [-0.3, -0.25) is 14.4 Å². The Hall–Kier alpha value is -1.89. The molecule has 0 saturated heterocycles.